The maximum atomic E-state index is 13.2. The monoisotopic (exact) mass is 354 g/mol. The van der Waals surface area contributed by atoms with E-state index in [1.54, 1.807) is 0 Å². The number of hydrogen-bond acceptors (Lipinski definition) is 3. The van der Waals surface area contributed by atoms with E-state index in [4.69, 9.17) is 4.74 Å². The molecule has 2 fully saturated rings. The molecule has 0 N–H and O–H groups in total. The number of benzene rings is 2. The van der Waals surface area contributed by atoms with Gasteiger partial charge in [-0.15, -0.1) is 0 Å². The Labute approximate surface area is 153 Å². The number of anilines is 1. The molecule has 4 rings (SSSR count). The van der Waals surface area contributed by atoms with Crippen LogP contribution in [0.5, 0.6) is 0 Å². The summed E-state index contributed by atoms with van der Waals surface area (Å²) in [4.78, 5) is 16.6. The molecule has 0 saturated carbocycles. The first kappa shape index (κ1) is 16.9. The minimum absolute atomic E-state index is 0.208. The summed E-state index contributed by atoms with van der Waals surface area (Å²) in [6.45, 7) is 2.70. The largest absolute Gasteiger partial charge is 0.445 e. The van der Waals surface area contributed by atoms with Gasteiger partial charge in [-0.1, -0.05) is 30.3 Å². The van der Waals surface area contributed by atoms with Crippen LogP contribution in [-0.4, -0.2) is 36.7 Å². The lowest BCUT2D eigenvalue weighted by Crippen LogP contribution is -2.48. The Kier molecular flexibility index (Phi) is 4.78. The molecule has 2 atom stereocenters. The Bertz CT molecular complexity index is 750. The van der Waals surface area contributed by atoms with Gasteiger partial charge in [-0.2, -0.15) is 0 Å². The number of halogens is 1. The number of nitrogens with zero attached hydrogens (tertiary/aromatic N) is 2. The lowest BCUT2D eigenvalue weighted by Gasteiger charge is -2.38. The topological polar surface area (TPSA) is 32.8 Å². The molecular formula is C21H23FN2O2. The molecule has 0 radical (unpaired) electrons. The van der Waals surface area contributed by atoms with E-state index in [1.807, 2.05) is 47.4 Å². The first-order chi connectivity index (χ1) is 12.7. The summed E-state index contributed by atoms with van der Waals surface area (Å²) >= 11 is 0. The second kappa shape index (κ2) is 7.36. The Morgan fingerprint density at radius 3 is 2.58 bits per heavy atom. The second-order valence-corrected chi connectivity index (χ2v) is 7.06. The lowest BCUT2D eigenvalue weighted by atomic mass is 9.93. The maximum absolute atomic E-state index is 13.2. The van der Waals surface area contributed by atoms with Crippen LogP contribution in [0.15, 0.2) is 54.6 Å². The molecular weight excluding hydrogens is 331 g/mol. The van der Waals surface area contributed by atoms with E-state index in [1.165, 1.54) is 12.1 Å². The molecule has 2 heterocycles. The Morgan fingerprint density at radius 2 is 1.81 bits per heavy atom. The van der Waals surface area contributed by atoms with E-state index in [9.17, 15) is 9.18 Å². The third-order valence-corrected chi connectivity index (χ3v) is 5.46. The predicted octanol–water partition coefficient (Wildman–Crippen LogP) is 4.06. The summed E-state index contributed by atoms with van der Waals surface area (Å²) in [6.07, 6.45) is 1.74. The zero-order chi connectivity index (χ0) is 17.9. The zero-order valence-corrected chi connectivity index (χ0v) is 14.7. The molecule has 26 heavy (non-hydrogen) atoms. The van der Waals surface area contributed by atoms with Gasteiger partial charge >= 0.3 is 6.09 Å². The maximum Gasteiger partial charge on any atom is 0.410 e. The van der Waals surface area contributed by atoms with Crippen LogP contribution in [0.3, 0.4) is 0 Å². The third-order valence-electron chi connectivity index (χ3n) is 5.46. The van der Waals surface area contributed by atoms with Crippen molar-refractivity contribution in [3.05, 3.63) is 66.0 Å². The van der Waals surface area contributed by atoms with Crippen molar-refractivity contribution in [1.82, 2.24) is 4.90 Å². The van der Waals surface area contributed by atoms with Crippen LogP contribution >= 0.6 is 0 Å². The van der Waals surface area contributed by atoms with Gasteiger partial charge in [0, 0.05) is 31.4 Å². The summed E-state index contributed by atoms with van der Waals surface area (Å²) in [6, 6.07) is 16.9. The van der Waals surface area contributed by atoms with Gasteiger partial charge in [0.2, 0.25) is 0 Å². The minimum Gasteiger partial charge on any atom is -0.445 e. The molecule has 2 saturated heterocycles. The Balaban J connectivity index is 1.34. The fraction of sp³-hybridized carbons (Fsp3) is 0.381. The molecule has 2 aromatic carbocycles. The molecule has 1 amide bonds. The SMILES string of the molecule is O=C(OCc1ccccc1)N1CC[C@H]2[C@H](CCN2c2ccc(F)cc2)C1. The quantitative estimate of drug-likeness (QED) is 0.833. The molecule has 0 unspecified atom stereocenters. The number of carbonyl (C=O) groups excluding carboxylic acids is 1. The summed E-state index contributed by atoms with van der Waals surface area (Å²) in [7, 11) is 0. The van der Waals surface area contributed by atoms with Crippen LogP contribution in [0, 0.1) is 11.7 Å². The van der Waals surface area contributed by atoms with Crippen molar-refractivity contribution in [2.45, 2.75) is 25.5 Å². The van der Waals surface area contributed by atoms with Gasteiger partial charge in [-0.05, 0) is 48.6 Å². The molecule has 136 valence electrons. The summed E-state index contributed by atoms with van der Waals surface area (Å²) in [5.74, 6) is 0.235. The van der Waals surface area contributed by atoms with E-state index >= 15 is 0 Å². The number of amides is 1. The number of carbonyl (C=O) groups is 1. The average molecular weight is 354 g/mol. The first-order valence-corrected chi connectivity index (χ1v) is 9.18. The van der Waals surface area contributed by atoms with Gasteiger partial charge in [0.1, 0.15) is 12.4 Å². The smallest absolute Gasteiger partial charge is 0.410 e. The van der Waals surface area contributed by atoms with Crippen molar-refractivity contribution in [3.63, 3.8) is 0 Å². The minimum atomic E-state index is -0.229. The average Bonchev–Trinajstić information content (AvgIpc) is 3.11. The normalized spacial score (nSPS) is 22.2. The second-order valence-electron chi connectivity index (χ2n) is 7.06. The highest BCUT2D eigenvalue weighted by atomic mass is 19.1. The van der Waals surface area contributed by atoms with Crippen LogP contribution in [0.1, 0.15) is 18.4 Å². The van der Waals surface area contributed by atoms with E-state index in [2.05, 4.69) is 4.90 Å². The van der Waals surface area contributed by atoms with Crippen molar-refractivity contribution < 1.29 is 13.9 Å². The first-order valence-electron chi connectivity index (χ1n) is 9.18. The van der Waals surface area contributed by atoms with Crippen LogP contribution in [0.2, 0.25) is 0 Å². The van der Waals surface area contributed by atoms with E-state index in [-0.39, 0.29) is 11.9 Å². The summed E-state index contributed by atoms with van der Waals surface area (Å²) < 4.78 is 18.6. The highest BCUT2D eigenvalue weighted by Gasteiger charge is 2.39. The highest BCUT2D eigenvalue weighted by molar-refractivity contribution is 5.68. The number of hydrogen-bond donors (Lipinski definition) is 0. The molecule has 2 aliphatic rings. The fourth-order valence-electron chi connectivity index (χ4n) is 4.11. The van der Waals surface area contributed by atoms with Gasteiger partial charge in [-0.3, -0.25) is 0 Å². The predicted molar refractivity (Wildman–Crippen MR) is 98.5 cm³/mol. The Hall–Kier alpha value is -2.56. The van der Waals surface area contributed by atoms with Crippen LogP contribution < -0.4 is 4.90 Å². The van der Waals surface area contributed by atoms with Crippen molar-refractivity contribution in [1.29, 1.82) is 0 Å². The third kappa shape index (κ3) is 3.52. The molecule has 0 bridgehead atoms. The zero-order valence-electron chi connectivity index (χ0n) is 14.7. The van der Waals surface area contributed by atoms with Gasteiger partial charge in [0.05, 0.1) is 0 Å². The van der Waals surface area contributed by atoms with Crippen LogP contribution in [0.25, 0.3) is 0 Å². The molecule has 0 spiro atoms. The van der Waals surface area contributed by atoms with Crippen molar-refractivity contribution in [3.8, 4) is 0 Å². The lowest BCUT2D eigenvalue weighted by molar-refractivity contribution is 0.0780. The molecule has 5 heteroatoms. The molecule has 2 aliphatic heterocycles. The number of piperidine rings is 1. The molecule has 0 aromatic heterocycles. The summed E-state index contributed by atoms with van der Waals surface area (Å²) in [5.41, 5.74) is 2.07. The number of rotatable bonds is 3. The molecule has 2 aromatic rings. The van der Waals surface area contributed by atoms with Gasteiger partial charge in [0.25, 0.3) is 0 Å². The van der Waals surface area contributed by atoms with Crippen molar-refractivity contribution in [2.75, 3.05) is 24.5 Å². The van der Waals surface area contributed by atoms with E-state index in [0.29, 0.717) is 25.1 Å². The molecule has 4 nitrogen and oxygen atoms in total. The number of likely N-dealkylation sites (tertiary alicyclic amines) is 1. The fourth-order valence-corrected chi connectivity index (χ4v) is 4.11. The van der Waals surface area contributed by atoms with Gasteiger partial charge < -0.3 is 14.5 Å². The van der Waals surface area contributed by atoms with Crippen molar-refractivity contribution >= 4 is 11.8 Å². The van der Waals surface area contributed by atoms with Crippen LogP contribution in [-0.2, 0) is 11.3 Å². The van der Waals surface area contributed by atoms with E-state index in [0.717, 1.165) is 37.2 Å². The van der Waals surface area contributed by atoms with Crippen LogP contribution in [0.4, 0.5) is 14.9 Å². The van der Waals surface area contributed by atoms with E-state index < -0.39 is 0 Å². The number of ether oxygens (including phenoxy) is 1. The van der Waals surface area contributed by atoms with Gasteiger partial charge in [-0.25, -0.2) is 9.18 Å². The standard InChI is InChI=1S/C21H23FN2O2/c22-18-6-8-19(9-7-18)24-13-10-17-14-23(12-11-20(17)24)21(25)26-15-16-4-2-1-3-5-16/h1-9,17,20H,10-15H2/t17-,20+/m1/s1. The highest BCUT2D eigenvalue weighted by Crippen LogP contribution is 2.35. The van der Waals surface area contributed by atoms with Crippen molar-refractivity contribution in [2.24, 2.45) is 5.92 Å². The number of fused-ring (bicyclic) bond motifs is 1. The summed E-state index contributed by atoms with van der Waals surface area (Å²) in [5, 5.41) is 0. The van der Waals surface area contributed by atoms with Gasteiger partial charge in [0.15, 0.2) is 0 Å². The molecule has 0 aliphatic carbocycles. The Morgan fingerprint density at radius 1 is 1.04 bits per heavy atom.